The van der Waals surface area contributed by atoms with Gasteiger partial charge < -0.3 is 14.7 Å². The fourth-order valence-corrected chi connectivity index (χ4v) is 3.65. The van der Waals surface area contributed by atoms with E-state index in [2.05, 4.69) is 115 Å². The Hall–Kier alpha value is -0.706. The van der Waals surface area contributed by atoms with Crippen LogP contribution < -0.4 is 0 Å². The molecular formula is C30H58N3Ti. The summed E-state index contributed by atoms with van der Waals surface area (Å²) in [4.78, 5) is 6.94. The molecule has 0 N–H and O–H groups in total. The van der Waals surface area contributed by atoms with Crippen LogP contribution in [0, 0.1) is 0 Å². The molecule has 0 bridgehead atoms. The zero-order valence-corrected chi connectivity index (χ0v) is 25.6. The molecule has 0 saturated heterocycles. The second kappa shape index (κ2) is 30.3. The monoisotopic (exact) mass is 508 g/mol. The van der Waals surface area contributed by atoms with Gasteiger partial charge in [-0.3, -0.25) is 0 Å². The second-order valence-electron chi connectivity index (χ2n) is 8.04. The molecule has 0 fully saturated rings. The van der Waals surface area contributed by atoms with Crippen LogP contribution in [-0.4, -0.2) is 73.6 Å². The summed E-state index contributed by atoms with van der Waals surface area (Å²) < 4.78 is 1.58. The Morgan fingerprint density at radius 1 is 0.706 bits per heavy atom. The van der Waals surface area contributed by atoms with Crippen molar-refractivity contribution in [1.82, 2.24) is 14.7 Å². The summed E-state index contributed by atoms with van der Waals surface area (Å²) >= 11 is 2.24. The van der Waals surface area contributed by atoms with Gasteiger partial charge in [-0.2, -0.15) is 0 Å². The maximum absolute atomic E-state index is 3.65. The van der Waals surface area contributed by atoms with Gasteiger partial charge in [-0.1, -0.05) is 59.8 Å². The number of unbranched alkanes of at least 4 members (excludes halogenated alkanes) is 1. The Morgan fingerprint density at radius 3 is 1.24 bits per heavy atom. The summed E-state index contributed by atoms with van der Waals surface area (Å²) in [6.45, 7) is 36.0. The average molecular weight is 509 g/mol. The van der Waals surface area contributed by atoms with Crippen LogP contribution in [0.4, 0.5) is 0 Å². The third-order valence-electron chi connectivity index (χ3n) is 5.67. The van der Waals surface area contributed by atoms with Gasteiger partial charge in [0.2, 0.25) is 0 Å². The van der Waals surface area contributed by atoms with Gasteiger partial charge in [-0.25, -0.2) is 0 Å². The number of hydrogen-bond donors (Lipinski definition) is 0. The van der Waals surface area contributed by atoms with Gasteiger partial charge in [0, 0.05) is 19.6 Å². The van der Waals surface area contributed by atoms with E-state index in [-0.39, 0.29) is 0 Å². The Morgan fingerprint density at radius 2 is 1.06 bits per heavy atom. The zero-order chi connectivity index (χ0) is 26.6. The Labute approximate surface area is 227 Å². The van der Waals surface area contributed by atoms with E-state index in [0.29, 0.717) is 0 Å². The van der Waals surface area contributed by atoms with E-state index < -0.39 is 0 Å². The van der Waals surface area contributed by atoms with Crippen molar-refractivity contribution in [2.45, 2.75) is 74.1 Å². The molecule has 0 radical (unpaired) electrons. The van der Waals surface area contributed by atoms with Crippen LogP contribution in [0.2, 0.25) is 0 Å². The van der Waals surface area contributed by atoms with Crippen LogP contribution in [0.15, 0.2) is 59.6 Å². The van der Waals surface area contributed by atoms with Crippen molar-refractivity contribution in [2.75, 3.05) is 58.9 Å². The van der Waals surface area contributed by atoms with Crippen molar-refractivity contribution in [3.05, 3.63) is 59.6 Å². The van der Waals surface area contributed by atoms with Crippen molar-refractivity contribution in [1.29, 1.82) is 0 Å². The van der Waals surface area contributed by atoms with Gasteiger partial charge in [0.25, 0.3) is 0 Å². The summed E-state index contributed by atoms with van der Waals surface area (Å²) in [6, 6.07) is 0. The molecule has 1 aliphatic carbocycles. The van der Waals surface area contributed by atoms with E-state index in [4.69, 9.17) is 0 Å². The van der Waals surface area contributed by atoms with Crippen LogP contribution in [0.3, 0.4) is 0 Å². The molecule has 34 heavy (non-hydrogen) atoms. The third-order valence-corrected chi connectivity index (χ3v) is 6.49. The first-order chi connectivity index (χ1) is 16.4. The van der Waals surface area contributed by atoms with E-state index in [1.165, 1.54) is 25.7 Å². The molecule has 0 atom stereocenters. The Balaban J connectivity index is -0.000000380. The number of hydrogen-bond acceptors (Lipinski definition) is 3. The quantitative estimate of drug-likeness (QED) is 0.168. The maximum atomic E-state index is 3.65. The third kappa shape index (κ3) is 24.4. The number of rotatable bonds is 15. The van der Waals surface area contributed by atoms with Gasteiger partial charge in [-0.15, -0.1) is 19.7 Å². The van der Waals surface area contributed by atoms with E-state index in [1.807, 2.05) is 18.2 Å². The second-order valence-corrected chi connectivity index (χ2v) is 8.98. The molecule has 0 aromatic carbocycles. The molecule has 0 aromatic rings. The van der Waals surface area contributed by atoms with Gasteiger partial charge in [0.05, 0.1) is 0 Å². The zero-order valence-electron chi connectivity index (χ0n) is 24.0. The van der Waals surface area contributed by atoms with Gasteiger partial charge in [0.1, 0.15) is 0 Å². The van der Waals surface area contributed by atoms with Crippen LogP contribution in [0.5, 0.6) is 0 Å². The number of nitrogens with zero attached hydrogens (tertiary/aromatic N) is 3. The van der Waals surface area contributed by atoms with Crippen LogP contribution in [0.1, 0.15) is 74.1 Å². The van der Waals surface area contributed by atoms with E-state index in [9.17, 15) is 0 Å². The van der Waals surface area contributed by atoms with Crippen molar-refractivity contribution in [2.24, 2.45) is 0 Å². The summed E-state index contributed by atoms with van der Waals surface area (Å²) in [5.74, 6) is 0. The average Bonchev–Trinajstić information content (AvgIpc) is 3.28. The molecule has 0 heterocycles. The molecule has 0 saturated carbocycles. The fraction of sp³-hybridized carbons (Fsp3) is 0.667. The van der Waals surface area contributed by atoms with Crippen molar-refractivity contribution in [3.63, 3.8) is 0 Å². The van der Waals surface area contributed by atoms with Crippen LogP contribution in [0.25, 0.3) is 0 Å². The molecule has 0 unspecified atom stereocenters. The van der Waals surface area contributed by atoms with Gasteiger partial charge in [0.15, 0.2) is 0 Å². The SMILES string of the molecule is C=CCN(CC)CC.C=CCN(CC)CC.C=CCN(CC)CC.CCCCC1=[C]([Ti])CC=C1. The van der Waals surface area contributed by atoms with Crippen LogP contribution in [-0.2, 0) is 20.4 Å². The Bertz CT molecular complexity index is 470. The van der Waals surface area contributed by atoms with Gasteiger partial charge >= 0.3 is 74.6 Å². The van der Waals surface area contributed by atoms with E-state index in [1.54, 1.807) is 9.45 Å². The Kier molecular flexibility index (Phi) is 33.7. The molecule has 4 heteroatoms. The van der Waals surface area contributed by atoms with Crippen molar-refractivity contribution in [3.8, 4) is 0 Å². The predicted octanol–water partition coefficient (Wildman–Crippen LogP) is 7.48. The molecule has 3 nitrogen and oxygen atoms in total. The summed E-state index contributed by atoms with van der Waals surface area (Å²) in [5, 5.41) is 0. The molecule has 1 aliphatic rings. The molecular weight excluding hydrogens is 450 g/mol. The number of allylic oxidation sites excluding steroid dienone is 4. The molecule has 197 valence electrons. The standard InChI is InChI=1S/C9H13.3C7H15N.Ti/c1-2-3-6-9-7-4-5-8-9;3*1-4-7-8(5-2)6-3;/h4,7H,2-3,5-6H2,1H3;3*4H,1,5-7H2,2-3H3;. The van der Waals surface area contributed by atoms with Crippen LogP contribution >= 0.6 is 0 Å². The first-order valence-electron chi connectivity index (χ1n) is 13.5. The topological polar surface area (TPSA) is 9.72 Å². The molecule has 0 spiro atoms. The minimum atomic E-state index is 1.02. The summed E-state index contributed by atoms with van der Waals surface area (Å²) in [7, 11) is 0. The molecule has 0 aromatic heterocycles. The predicted molar refractivity (Wildman–Crippen MR) is 154 cm³/mol. The van der Waals surface area contributed by atoms with E-state index in [0.717, 1.165) is 58.9 Å². The molecule has 0 amide bonds. The summed E-state index contributed by atoms with van der Waals surface area (Å²) in [6.07, 6.45) is 15.5. The van der Waals surface area contributed by atoms with Gasteiger partial charge in [-0.05, 0) is 39.3 Å². The van der Waals surface area contributed by atoms with Crippen molar-refractivity contribution >= 4 is 0 Å². The number of likely N-dealkylation sites (N-methyl/N-ethyl adjacent to an activating group) is 3. The van der Waals surface area contributed by atoms with E-state index >= 15 is 0 Å². The summed E-state index contributed by atoms with van der Waals surface area (Å²) in [5.41, 5.74) is 1.59. The normalized spacial score (nSPS) is 11.9. The molecule has 1 rings (SSSR count). The molecule has 0 aliphatic heterocycles. The first-order valence-corrected chi connectivity index (χ1v) is 14.3. The van der Waals surface area contributed by atoms with Crippen molar-refractivity contribution < 1.29 is 20.4 Å². The fourth-order valence-electron chi connectivity index (χ4n) is 3.15. The minimum absolute atomic E-state index is 1.02. The first kappa shape index (κ1) is 37.8.